The van der Waals surface area contributed by atoms with E-state index in [-0.39, 0.29) is 0 Å². The van der Waals surface area contributed by atoms with Gasteiger partial charge >= 0.3 is 0 Å². The van der Waals surface area contributed by atoms with Gasteiger partial charge in [0, 0.05) is 17.3 Å². The minimum atomic E-state index is 0.459. The molecule has 2 rings (SSSR count). The highest BCUT2D eigenvalue weighted by Gasteiger charge is 2.23. The van der Waals surface area contributed by atoms with Crippen molar-refractivity contribution in [2.24, 2.45) is 0 Å². The molecule has 1 aromatic rings. The van der Waals surface area contributed by atoms with E-state index in [1.165, 1.54) is 29.7 Å². The molecule has 0 bridgehead atoms. The SMILES string of the molecule is Cc1cccc([C@H](C)NC2CCCSC2C)c1. The van der Waals surface area contributed by atoms with Crippen LogP contribution in [0.4, 0.5) is 0 Å². The molecule has 0 amide bonds. The Balaban J connectivity index is 1.98. The summed E-state index contributed by atoms with van der Waals surface area (Å²) in [6.07, 6.45) is 2.68. The monoisotopic (exact) mass is 249 g/mol. The second-order valence-electron chi connectivity index (χ2n) is 5.13. The molecule has 0 aliphatic carbocycles. The van der Waals surface area contributed by atoms with Crippen molar-refractivity contribution in [3.63, 3.8) is 0 Å². The average molecular weight is 249 g/mol. The number of rotatable bonds is 3. The van der Waals surface area contributed by atoms with Gasteiger partial charge in [-0.25, -0.2) is 0 Å². The van der Waals surface area contributed by atoms with Crippen molar-refractivity contribution in [1.29, 1.82) is 0 Å². The first-order valence-electron chi connectivity index (χ1n) is 6.61. The Labute approximate surface area is 109 Å². The van der Waals surface area contributed by atoms with E-state index in [0.29, 0.717) is 12.1 Å². The minimum absolute atomic E-state index is 0.459. The normalized spacial score (nSPS) is 26.8. The molecule has 1 aliphatic rings. The molecule has 1 N–H and O–H groups in total. The van der Waals surface area contributed by atoms with Crippen molar-refractivity contribution in [3.05, 3.63) is 35.4 Å². The van der Waals surface area contributed by atoms with Crippen LogP contribution in [0.1, 0.15) is 43.9 Å². The summed E-state index contributed by atoms with van der Waals surface area (Å²) in [5.41, 5.74) is 2.76. The zero-order valence-electron chi connectivity index (χ0n) is 11.1. The molecule has 0 radical (unpaired) electrons. The van der Waals surface area contributed by atoms with E-state index in [4.69, 9.17) is 0 Å². The number of thioether (sulfide) groups is 1. The Morgan fingerprint density at radius 3 is 2.94 bits per heavy atom. The standard InChI is InChI=1S/C15H23NS/c1-11-6-4-7-14(10-11)12(2)16-15-8-5-9-17-13(15)3/h4,6-7,10,12-13,15-16H,5,8-9H2,1-3H3/t12-,13?,15?/m0/s1. The zero-order chi connectivity index (χ0) is 12.3. The molecule has 0 saturated carbocycles. The Morgan fingerprint density at radius 2 is 2.24 bits per heavy atom. The highest BCUT2D eigenvalue weighted by Crippen LogP contribution is 2.27. The molecule has 1 saturated heterocycles. The molecule has 2 unspecified atom stereocenters. The average Bonchev–Trinajstić information content (AvgIpc) is 2.32. The van der Waals surface area contributed by atoms with Crippen LogP contribution in [-0.2, 0) is 0 Å². The Bertz CT molecular complexity index is 364. The second-order valence-corrected chi connectivity index (χ2v) is 6.61. The van der Waals surface area contributed by atoms with Gasteiger partial charge in [0.15, 0.2) is 0 Å². The third-order valence-electron chi connectivity index (χ3n) is 3.61. The maximum atomic E-state index is 3.79. The number of hydrogen-bond donors (Lipinski definition) is 1. The number of hydrogen-bond acceptors (Lipinski definition) is 2. The lowest BCUT2D eigenvalue weighted by Crippen LogP contribution is -2.40. The minimum Gasteiger partial charge on any atom is -0.306 e. The van der Waals surface area contributed by atoms with Crippen molar-refractivity contribution in [2.75, 3.05) is 5.75 Å². The summed E-state index contributed by atoms with van der Waals surface area (Å²) >= 11 is 2.10. The van der Waals surface area contributed by atoms with Crippen molar-refractivity contribution in [1.82, 2.24) is 5.32 Å². The fourth-order valence-corrected chi connectivity index (χ4v) is 3.65. The zero-order valence-corrected chi connectivity index (χ0v) is 11.9. The molecule has 0 spiro atoms. The highest BCUT2D eigenvalue weighted by atomic mass is 32.2. The van der Waals surface area contributed by atoms with Crippen LogP contribution in [0, 0.1) is 6.92 Å². The van der Waals surface area contributed by atoms with Crippen LogP contribution >= 0.6 is 11.8 Å². The predicted octanol–water partition coefficient (Wildman–Crippen LogP) is 3.93. The molecule has 1 aliphatic heterocycles. The van der Waals surface area contributed by atoms with Gasteiger partial charge in [-0.2, -0.15) is 11.8 Å². The third kappa shape index (κ3) is 3.49. The summed E-state index contributed by atoms with van der Waals surface area (Å²) < 4.78 is 0. The van der Waals surface area contributed by atoms with E-state index < -0.39 is 0 Å². The number of nitrogens with one attached hydrogen (secondary N) is 1. The fraction of sp³-hybridized carbons (Fsp3) is 0.600. The van der Waals surface area contributed by atoms with E-state index in [1.54, 1.807) is 0 Å². The maximum Gasteiger partial charge on any atom is 0.0294 e. The van der Waals surface area contributed by atoms with Gasteiger partial charge in [0.1, 0.15) is 0 Å². The van der Waals surface area contributed by atoms with Gasteiger partial charge in [0.05, 0.1) is 0 Å². The molecule has 1 aromatic carbocycles. The van der Waals surface area contributed by atoms with Crippen molar-refractivity contribution in [2.45, 2.75) is 50.9 Å². The van der Waals surface area contributed by atoms with Crippen molar-refractivity contribution in [3.8, 4) is 0 Å². The third-order valence-corrected chi connectivity index (χ3v) is 4.99. The van der Waals surface area contributed by atoms with Gasteiger partial charge < -0.3 is 5.32 Å². The van der Waals surface area contributed by atoms with Gasteiger partial charge in [-0.05, 0) is 38.0 Å². The molecular weight excluding hydrogens is 226 g/mol. The topological polar surface area (TPSA) is 12.0 Å². The molecule has 0 aromatic heterocycles. The van der Waals surface area contributed by atoms with Gasteiger partial charge in [-0.3, -0.25) is 0 Å². The van der Waals surface area contributed by atoms with E-state index in [2.05, 4.69) is 62.1 Å². The number of aryl methyl sites for hydroxylation is 1. The molecule has 17 heavy (non-hydrogen) atoms. The van der Waals surface area contributed by atoms with Gasteiger partial charge in [-0.1, -0.05) is 36.8 Å². The lowest BCUT2D eigenvalue weighted by Gasteiger charge is -2.32. The van der Waals surface area contributed by atoms with Crippen LogP contribution in [0.3, 0.4) is 0 Å². The van der Waals surface area contributed by atoms with Gasteiger partial charge in [-0.15, -0.1) is 0 Å². The predicted molar refractivity (Wildman–Crippen MR) is 77.7 cm³/mol. The molecule has 1 nitrogen and oxygen atoms in total. The van der Waals surface area contributed by atoms with Gasteiger partial charge in [0.25, 0.3) is 0 Å². The summed E-state index contributed by atoms with van der Waals surface area (Å²) in [5, 5.41) is 4.54. The maximum absolute atomic E-state index is 3.79. The molecule has 94 valence electrons. The van der Waals surface area contributed by atoms with Crippen LogP contribution in [0.2, 0.25) is 0 Å². The van der Waals surface area contributed by atoms with Crippen LogP contribution < -0.4 is 5.32 Å². The Kier molecular flexibility index (Phi) is 4.52. The van der Waals surface area contributed by atoms with Crippen LogP contribution in [-0.4, -0.2) is 17.0 Å². The molecule has 2 heteroatoms. The second kappa shape index (κ2) is 5.92. The largest absolute Gasteiger partial charge is 0.306 e. The summed E-state index contributed by atoms with van der Waals surface area (Å²) in [5.74, 6) is 1.33. The summed E-state index contributed by atoms with van der Waals surface area (Å²) in [7, 11) is 0. The summed E-state index contributed by atoms with van der Waals surface area (Å²) in [4.78, 5) is 0. The molecule has 3 atom stereocenters. The van der Waals surface area contributed by atoms with E-state index in [0.717, 1.165) is 5.25 Å². The molecule has 1 fully saturated rings. The summed E-state index contributed by atoms with van der Waals surface area (Å²) in [6.45, 7) is 6.79. The lowest BCUT2D eigenvalue weighted by molar-refractivity contribution is 0.417. The fourth-order valence-electron chi connectivity index (χ4n) is 2.50. The van der Waals surface area contributed by atoms with Crippen LogP contribution in [0.5, 0.6) is 0 Å². The molecule has 1 heterocycles. The first kappa shape index (κ1) is 13.0. The van der Waals surface area contributed by atoms with Crippen molar-refractivity contribution >= 4 is 11.8 Å². The van der Waals surface area contributed by atoms with E-state index in [9.17, 15) is 0 Å². The van der Waals surface area contributed by atoms with Gasteiger partial charge in [0.2, 0.25) is 0 Å². The lowest BCUT2D eigenvalue weighted by atomic mass is 10.0. The Morgan fingerprint density at radius 1 is 1.41 bits per heavy atom. The first-order valence-corrected chi connectivity index (χ1v) is 7.66. The van der Waals surface area contributed by atoms with Crippen LogP contribution in [0.15, 0.2) is 24.3 Å². The van der Waals surface area contributed by atoms with Crippen LogP contribution in [0.25, 0.3) is 0 Å². The highest BCUT2D eigenvalue weighted by molar-refractivity contribution is 7.99. The Hall–Kier alpha value is -0.470. The molecular formula is C15H23NS. The van der Waals surface area contributed by atoms with Crippen molar-refractivity contribution < 1.29 is 0 Å². The first-order chi connectivity index (χ1) is 8.16. The number of benzene rings is 1. The smallest absolute Gasteiger partial charge is 0.0294 e. The van der Waals surface area contributed by atoms with E-state index >= 15 is 0 Å². The summed E-state index contributed by atoms with van der Waals surface area (Å²) in [6, 6.07) is 9.96. The van der Waals surface area contributed by atoms with E-state index in [1.807, 2.05) is 0 Å². The quantitative estimate of drug-likeness (QED) is 0.871.